The van der Waals surface area contributed by atoms with Crippen LogP contribution in [0.25, 0.3) is 0 Å². The fourth-order valence-corrected chi connectivity index (χ4v) is 6.05. The first-order valence-electron chi connectivity index (χ1n) is 10.5. The number of carbonyl (C=O) groups excluding carboxylic acids is 2. The minimum atomic E-state index is -1.17. The Morgan fingerprint density at radius 3 is 2.47 bits per heavy atom. The zero-order valence-electron chi connectivity index (χ0n) is 16.6. The van der Waals surface area contributed by atoms with E-state index in [0.717, 1.165) is 12.8 Å². The summed E-state index contributed by atoms with van der Waals surface area (Å²) in [7, 11) is 0. The van der Waals surface area contributed by atoms with Crippen molar-refractivity contribution in [3.8, 4) is 5.75 Å². The quantitative estimate of drug-likeness (QED) is 0.754. The van der Waals surface area contributed by atoms with Crippen LogP contribution in [0.15, 0.2) is 23.1 Å². The molecular formula is C22H18F3N3O4. The molecule has 2 bridgehead atoms. The topological polar surface area (TPSA) is 91.6 Å². The third-order valence-electron chi connectivity index (χ3n) is 7.51. The Morgan fingerprint density at radius 1 is 1.06 bits per heavy atom. The van der Waals surface area contributed by atoms with Crippen molar-refractivity contribution in [1.29, 1.82) is 0 Å². The van der Waals surface area contributed by atoms with Crippen LogP contribution in [0.1, 0.15) is 39.3 Å². The molecule has 3 heterocycles. The molecular weight excluding hydrogens is 427 g/mol. The highest BCUT2D eigenvalue weighted by atomic mass is 19.1. The summed E-state index contributed by atoms with van der Waals surface area (Å²) in [5.74, 6) is -4.11. The maximum atomic E-state index is 13.8. The molecule has 1 saturated heterocycles. The van der Waals surface area contributed by atoms with E-state index >= 15 is 0 Å². The van der Waals surface area contributed by atoms with Gasteiger partial charge in [-0.2, -0.15) is 0 Å². The number of aromatic nitrogens is 1. The minimum absolute atomic E-state index is 0.0380. The molecule has 4 aliphatic rings. The summed E-state index contributed by atoms with van der Waals surface area (Å²) in [6, 6.07) is 1.08. The van der Waals surface area contributed by atoms with Crippen LogP contribution >= 0.6 is 0 Å². The molecule has 2 aromatic rings. The normalized spacial score (nSPS) is 28.9. The Bertz CT molecular complexity index is 1250. The summed E-state index contributed by atoms with van der Waals surface area (Å²) in [5, 5.41) is 12.7. The van der Waals surface area contributed by atoms with Crippen LogP contribution < -0.4 is 10.7 Å². The zero-order chi connectivity index (χ0) is 22.5. The Balaban J connectivity index is 1.30. The SMILES string of the molecule is O=C(NCc1c(F)cc(F)cc1F)c1cn2c(c(O)c1=O)C(=O)N1C3CC([C@@H]4C[C@H]34)[C@@H]1C2. The van der Waals surface area contributed by atoms with Crippen LogP contribution in [-0.2, 0) is 13.1 Å². The predicted octanol–water partition coefficient (Wildman–Crippen LogP) is 1.76. The second-order valence-corrected chi connectivity index (χ2v) is 9.06. The highest BCUT2D eigenvalue weighted by molar-refractivity contribution is 5.99. The van der Waals surface area contributed by atoms with Gasteiger partial charge in [-0.25, -0.2) is 13.2 Å². The van der Waals surface area contributed by atoms with E-state index in [9.17, 15) is 32.7 Å². The molecule has 2 saturated carbocycles. The van der Waals surface area contributed by atoms with Crippen LogP contribution in [0.5, 0.6) is 5.75 Å². The van der Waals surface area contributed by atoms with Crippen molar-refractivity contribution >= 4 is 11.8 Å². The van der Waals surface area contributed by atoms with Crippen LogP contribution in [0, 0.1) is 35.2 Å². The number of hydrogen-bond donors (Lipinski definition) is 2. The molecule has 2 aliphatic heterocycles. The molecule has 2 amide bonds. The number of fused-ring (bicyclic) bond motifs is 9. The summed E-state index contributed by atoms with van der Waals surface area (Å²) in [5.41, 5.74) is -2.17. The van der Waals surface area contributed by atoms with E-state index in [1.807, 2.05) is 0 Å². The number of carbonyl (C=O) groups is 2. The molecule has 3 fully saturated rings. The number of nitrogens with one attached hydrogen (secondary N) is 1. The lowest BCUT2D eigenvalue weighted by atomic mass is 9.94. The van der Waals surface area contributed by atoms with Crippen molar-refractivity contribution in [2.24, 2.45) is 17.8 Å². The number of hydrogen-bond acceptors (Lipinski definition) is 4. The zero-order valence-corrected chi connectivity index (χ0v) is 16.6. The van der Waals surface area contributed by atoms with Crippen molar-refractivity contribution in [2.75, 3.05) is 0 Å². The lowest BCUT2D eigenvalue weighted by Gasteiger charge is -2.40. The molecule has 32 heavy (non-hydrogen) atoms. The lowest BCUT2D eigenvalue weighted by molar-refractivity contribution is 0.0465. The highest BCUT2D eigenvalue weighted by Crippen LogP contribution is 2.64. The highest BCUT2D eigenvalue weighted by Gasteiger charge is 2.66. The molecule has 1 aromatic carbocycles. The molecule has 2 unspecified atom stereocenters. The Hall–Kier alpha value is -3.30. The number of aromatic hydroxyl groups is 1. The van der Waals surface area contributed by atoms with E-state index in [1.54, 1.807) is 4.90 Å². The van der Waals surface area contributed by atoms with Gasteiger partial charge in [0.2, 0.25) is 5.43 Å². The van der Waals surface area contributed by atoms with Crippen LogP contribution in [0.2, 0.25) is 0 Å². The average Bonchev–Trinajstić information content (AvgIpc) is 3.34. The molecule has 2 aliphatic carbocycles. The molecule has 7 nitrogen and oxygen atoms in total. The maximum absolute atomic E-state index is 13.8. The fraction of sp³-hybridized carbons (Fsp3) is 0.409. The van der Waals surface area contributed by atoms with Crippen molar-refractivity contribution in [2.45, 2.75) is 38.0 Å². The molecule has 2 N–H and O–H groups in total. The summed E-state index contributed by atoms with van der Waals surface area (Å²) in [4.78, 5) is 40.2. The van der Waals surface area contributed by atoms with E-state index in [1.165, 1.54) is 10.8 Å². The summed E-state index contributed by atoms with van der Waals surface area (Å²) in [6.07, 6.45) is 3.24. The van der Waals surface area contributed by atoms with Gasteiger partial charge in [0.15, 0.2) is 11.4 Å². The Kier molecular flexibility index (Phi) is 3.86. The number of nitrogens with zero attached hydrogens (tertiary/aromatic N) is 2. The van der Waals surface area contributed by atoms with E-state index in [4.69, 9.17) is 0 Å². The van der Waals surface area contributed by atoms with Gasteiger partial charge in [-0.15, -0.1) is 0 Å². The molecule has 1 aromatic heterocycles. The maximum Gasteiger partial charge on any atom is 0.275 e. The molecule has 0 spiro atoms. The van der Waals surface area contributed by atoms with Gasteiger partial charge < -0.3 is 19.9 Å². The van der Waals surface area contributed by atoms with Crippen molar-refractivity contribution in [3.63, 3.8) is 0 Å². The molecule has 166 valence electrons. The van der Waals surface area contributed by atoms with E-state index < -0.39 is 58.1 Å². The van der Waals surface area contributed by atoms with Crippen molar-refractivity contribution in [1.82, 2.24) is 14.8 Å². The second kappa shape index (κ2) is 6.36. The second-order valence-electron chi connectivity index (χ2n) is 9.06. The molecule has 5 atom stereocenters. The standard InChI is InChI=1S/C22H18F3N3O4/c23-8-1-14(24)12(15(25)2-8)5-26-21(31)13-6-27-7-17-11-4-16(10-3-9(10)11)28(17)22(32)18(27)20(30)19(13)29/h1-2,6,9-11,16-17,30H,3-5,7H2,(H,26,31)/t9-,10+,11?,16?,17+/m1/s1. The van der Waals surface area contributed by atoms with Gasteiger partial charge in [0.25, 0.3) is 11.8 Å². The number of rotatable bonds is 3. The first-order chi connectivity index (χ1) is 15.3. The van der Waals surface area contributed by atoms with E-state index in [0.29, 0.717) is 36.4 Å². The van der Waals surface area contributed by atoms with Crippen LogP contribution in [0.3, 0.4) is 0 Å². The first-order valence-corrected chi connectivity index (χ1v) is 10.5. The van der Waals surface area contributed by atoms with Crippen molar-refractivity contribution in [3.05, 3.63) is 62.8 Å². The largest absolute Gasteiger partial charge is 0.503 e. The van der Waals surface area contributed by atoms with Gasteiger partial charge in [0, 0.05) is 43.0 Å². The van der Waals surface area contributed by atoms with Crippen molar-refractivity contribution < 1.29 is 27.9 Å². The lowest BCUT2D eigenvalue weighted by Crippen LogP contribution is -2.53. The molecule has 6 rings (SSSR count). The summed E-state index contributed by atoms with van der Waals surface area (Å²) in [6.45, 7) is -0.262. The predicted molar refractivity (Wildman–Crippen MR) is 103 cm³/mol. The Morgan fingerprint density at radius 2 is 1.75 bits per heavy atom. The third-order valence-corrected chi connectivity index (χ3v) is 7.51. The van der Waals surface area contributed by atoms with E-state index in [2.05, 4.69) is 5.32 Å². The van der Waals surface area contributed by atoms with Gasteiger partial charge in [0.05, 0.1) is 6.04 Å². The van der Waals surface area contributed by atoms with Crippen LogP contribution in [-0.4, -0.2) is 38.5 Å². The summed E-state index contributed by atoms with van der Waals surface area (Å²) >= 11 is 0. The smallest absolute Gasteiger partial charge is 0.275 e. The number of piperidine rings is 1. The molecule has 0 radical (unpaired) electrons. The van der Waals surface area contributed by atoms with Gasteiger partial charge >= 0.3 is 0 Å². The fourth-order valence-electron chi connectivity index (χ4n) is 6.05. The Labute approximate surface area is 179 Å². The number of halogens is 3. The first kappa shape index (κ1) is 19.4. The van der Waals surface area contributed by atoms with Gasteiger partial charge in [-0.3, -0.25) is 14.4 Å². The number of benzene rings is 1. The van der Waals surface area contributed by atoms with Gasteiger partial charge in [-0.1, -0.05) is 0 Å². The average molecular weight is 445 g/mol. The van der Waals surface area contributed by atoms with Gasteiger partial charge in [-0.05, 0) is 30.6 Å². The van der Waals surface area contributed by atoms with Crippen LogP contribution in [0.4, 0.5) is 13.2 Å². The van der Waals surface area contributed by atoms with Gasteiger partial charge in [0.1, 0.15) is 23.0 Å². The summed E-state index contributed by atoms with van der Waals surface area (Å²) < 4.78 is 42.2. The molecule has 10 heteroatoms. The van der Waals surface area contributed by atoms with E-state index in [-0.39, 0.29) is 17.8 Å². The number of amides is 2. The number of pyridine rings is 1. The third kappa shape index (κ3) is 2.52. The monoisotopic (exact) mass is 445 g/mol. The minimum Gasteiger partial charge on any atom is -0.503 e.